The van der Waals surface area contributed by atoms with Crippen LogP contribution < -0.4 is 5.73 Å². The molecule has 26 heavy (non-hydrogen) atoms. The minimum absolute atomic E-state index is 0.209. The summed E-state index contributed by atoms with van der Waals surface area (Å²) in [5, 5.41) is 2.26. The van der Waals surface area contributed by atoms with Gasteiger partial charge in [-0.1, -0.05) is 55.7 Å². The molecule has 8 heteroatoms. The van der Waals surface area contributed by atoms with Crippen molar-refractivity contribution in [2.75, 3.05) is 6.61 Å². The molecule has 0 saturated carbocycles. The molecule has 2 aromatic rings. The van der Waals surface area contributed by atoms with E-state index in [-0.39, 0.29) is 12.5 Å². The lowest BCUT2D eigenvalue weighted by Crippen LogP contribution is -2.16. The smallest absolute Gasteiger partial charge is 0.404 e. The summed E-state index contributed by atoms with van der Waals surface area (Å²) in [5.74, 6) is 1.13. The maximum atomic E-state index is 10.8. The Morgan fingerprint density at radius 2 is 1.96 bits per heavy atom. The third-order valence-electron chi connectivity index (χ3n) is 3.64. The highest BCUT2D eigenvalue weighted by Gasteiger charge is 2.20. The molecule has 2 N–H and O–H groups in total. The molecule has 0 bridgehead atoms. The Labute approximate surface area is 168 Å². The van der Waals surface area contributed by atoms with Crippen molar-refractivity contribution >= 4 is 41.1 Å². The van der Waals surface area contributed by atoms with Crippen molar-refractivity contribution in [3.05, 3.63) is 39.8 Å². The monoisotopic (exact) mass is 415 g/mol. The largest absolute Gasteiger partial charge is 0.449 e. The van der Waals surface area contributed by atoms with Crippen LogP contribution in [0.5, 0.6) is 0 Å². The maximum absolute atomic E-state index is 10.8. The van der Waals surface area contributed by atoms with E-state index in [2.05, 4.69) is 25.3 Å². The molecule has 0 fully saturated rings. The second kappa shape index (κ2) is 9.53. The SMILES string of the molecule is CCCn1c(CCOC(N)=O)nc(C(C)C)c1Sc1cc(Cl)cc(Cl)c1. The quantitative estimate of drug-likeness (QED) is 0.616. The number of imidazole rings is 1. The Morgan fingerprint density at radius 1 is 1.31 bits per heavy atom. The fourth-order valence-electron chi connectivity index (χ4n) is 2.57. The number of halogens is 2. The minimum atomic E-state index is -0.772. The van der Waals surface area contributed by atoms with Crippen LogP contribution in [-0.2, 0) is 17.7 Å². The van der Waals surface area contributed by atoms with E-state index < -0.39 is 6.09 Å². The normalized spacial score (nSPS) is 11.2. The lowest BCUT2D eigenvalue weighted by atomic mass is 10.1. The van der Waals surface area contributed by atoms with Crippen LogP contribution in [-0.4, -0.2) is 22.3 Å². The van der Waals surface area contributed by atoms with E-state index >= 15 is 0 Å². The third-order valence-corrected chi connectivity index (χ3v) is 5.17. The second-order valence-corrected chi connectivity index (χ2v) is 8.08. The molecular weight excluding hydrogens is 393 g/mol. The van der Waals surface area contributed by atoms with E-state index in [1.54, 1.807) is 17.8 Å². The van der Waals surface area contributed by atoms with Crippen molar-refractivity contribution < 1.29 is 9.53 Å². The van der Waals surface area contributed by atoms with Gasteiger partial charge in [0.25, 0.3) is 0 Å². The Bertz CT molecular complexity index is 758. The van der Waals surface area contributed by atoms with E-state index in [0.717, 1.165) is 34.4 Å². The molecule has 5 nitrogen and oxygen atoms in total. The zero-order valence-corrected chi connectivity index (χ0v) is 17.4. The Balaban J connectivity index is 2.40. The van der Waals surface area contributed by atoms with Gasteiger partial charge in [0, 0.05) is 27.9 Å². The Morgan fingerprint density at radius 3 is 2.50 bits per heavy atom. The maximum Gasteiger partial charge on any atom is 0.404 e. The minimum Gasteiger partial charge on any atom is -0.449 e. The predicted molar refractivity (Wildman–Crippen MR) is 106 cm³/mol. The number of nitrogens with two attached hydrogens (primary N) is 1. The first-order valence-electron chi connectivity index (χ1n) is 8.47. The van der Waals surface area contributed by atoms with Crippen molar-refractivity contribution in [1.82, 2.24) is 9.55 Å². The van der Waals surface area contributed by atoms with Crippen molar-refractivity contribution in [3.8, 4) is 0 Å². The summed E-state index contributed by atoms with van der Waals surface area (Å²) in [6, 6.07) is 5.50. The molecule has 0 unspecified atom stereocenters. The van der Waals surface area contributed by atoms with Crippen LogP contribution in [0.25, 0.3) is 0 Å². The van der Waals surface area contributed by atoms with Crippen molar-refractivity contribution in [3.63, 3.8) is 0 Å². The lowest BCUT2D eigenvalue weighted by molar-refractivity contribution is 0.157. The Hall–Kier alpha value is -1.37. The summed E-state index contributed by atoms with van der Waals surface area (Å²) in [6.07, 6.45) is 0.701. The van der Waals surface area contributed by atoms with Gasteiger partial charge in [0.05, 0.1) is 5.69 Å². The number of hydrogen-bond acceptors (Lipinski definition) is 4. The van der Waals surface area contributed by atoms with Crippen LogP contribution >= 0.6 is 35.0 Å². The van der Waals surface area contributed by atoms with Crippen molar-refractivity contribution in [1.29, 1.82) is 0 Å². The van der Waals surface area contributed by atoms with Gasteiger partial charge in [0.1, 0.15) is 17.5 Å². The highest BCUT2D eigenvalue weighted by atomic mass is 35.5. The molecule has 0 saturated heterocycles. The number of hydrogen-bond donors (Lipinski definition) is 1. The van der Waals surface area contributed by atoms with Crippen LogP contribution in [0.2, 0.25) is 10.0 Å². The fraction of sp³-hybridized carbons (Fsp3) is 0.444. The molecule has 1 heterocycles. The number of carbonyl (C=O) groups excluding carboxylic acids is 1. The van der Waals surface area contributed by atoms with Crippen molar-refractivity contribution in [2.45, 2.75) is 56.0 Å². The zero-order chi connectivity index (χ0) is 19.3. The van der Waals surface area contributed by atoms with E-state index in [9.17, 15) is 4.79 Å². The topological polar surface area (TPSA) is 70.1 Å². The first-order chi connectivity index (χ1) is 12.3. The number of carbonyl (C=O) groups is 1. The molecular formula is C18H23Cl2N3O2S. The molecule has 2 rings (SSSR count). The zero-order valence-electron chi connectivity index (χ0n) is 15.1. The van der Waals surface area contributed by atoms with Gasteiger partial charge in [-0.25, -0.2) is 9.78 Å². The van der Waals surface area contributed by atoms with Crippen LogP contribution in [0.15, 0.2) is 28.1 Å². The summed E-state index contributed by atoms with van der Waals surface area (Å²) < 4.78 is 7.06. The van der Waals surface area contributed by atoms with Gasteiger partial charge in [-0.15, -0.1) is 0 Å². The van der Waals surface area contributed by atoms with Gasteiger partial charge in [-0.2, -0.15) is 0 Å². The van der Waals surface area contributed by atoms with E-state index in [4.69, 9.17) is 38.7 Å². The number of primary amides is 1. The van der Waals surface area contributed by atoms with E-state index in [1.165, 1.54) is 0 Å². The number of rotatable bonds is 8. The number of amides is 1. The molecule has 0 aliphatic carbocycles. The molecule has 0 spiro atoms. The number of benzene rings is 1. The van der Waals surface area contributed by atoms with Gasteiger partial charge < -0.3 is 15.0 Å². The standard InChI is InChI=1S/C18H23Cl2N3O2S/c1-4-6-23-15(5-7-25-18(21)24)22-16(11(2)3)17(23)26-14-9-12(19)8-13(20)10-14/h8-11H,4-7H2,1-3H3,(H2,21,24). The average molecular weight is 416 g/mol. The average Bonchev–Trinajstić information content (AvgIpc) is 2.85. The van der Waals surface area contributed by atoms with Gasteiger partial charge in [-0.3, -0.25) is 0 Å². The summed E-state index contributed by atoms with van der Waals surface area (Å²) in [5.41, 5.74) is 6.06. The molecule has 1 aromatic heterocycles. The van der Waals surface area contributed by atoms with Crippen LogP contribution in [0.3, 0.4) is 0 Å². The van der Waals surface area contributed by atoms with E-state index in [0.29, 0.717) is 16.5 Å². The summed E-state index contributed by atoms with van der Waals surface area (Å²) >= 11 is 13.9. The van der Waals surface area contributed by atoms with Gasteiger partial charge in [-0.05, 0) is 30.5 Å². The molecule has 0 aliphatic rings. The molecule has 1 amide bonds. The van der Waals surface area contributed by atoms with Crippen LogP contribution in [0.1, 0.15) is 44.6 Å². The molecule has 0 atom stereocenters. The predicted octanol–water partition coefficient (Wildman–Crippen LogP) is 5.51. The molecule has 142 valence electrons. The third kappa shape index (κ3) is 5.56. The molecule has 1 aromatic carbocycles. The summed E-state index contributed by atoms with van der Waals surface area (Å²) in [6.45, 7) is 7.36. The van der Waals surface area contributed by atoms with Gasteiger partial charge in [0.2, 0.25) is 0 Å². The van der Waals surface area contributed by atoms with Gasteiger partial charge in [0.15, 0.2) is 0 Å². The van der Waals surface area contributed by atoms with Crippen molar-refractivity contribution in [2.24, 2.45) is 5.73 Å². The summed E-state index contributed by atoms with van der Waals surface area (Å²) in [7, 11) is 0. The van der Waals surface area contributed by atoms with E-state index in [1.807, 2.05) is 12.1 Å². The molecule has 0 aliphatic heterocycles. The number of aromatic nitrogens is 2. The first-order valence-corrected chi connectivity index (χ1v) is 10.0. The highest BCUT2D eigenvalue weighted by Crippen LogP contribution is 2.37. The second-order valence-electron chi connectivity index (χ2n) is 6.15. The van der Waals surface area contributed by atoms with Crippen LogP contribution in [0, 0.1) is 0 Å². The highest BCUT2D eigenvalue weighted by molar-refractivity contribution is 7.99. The van der Waals surface area contributed by atoms with Crippen LogP contribution in [0.4, 0.5) is 4.79 Å². The first kappa shape index (κ1) is 20.9. The fourth-order valence-corrected chi connectivity index (χ4v) is 4.52. The number of nitrogens with zero attached hydrogens (tertiary/aromatic N) is 2. The summed E-state index contributed by atoms with van der Waals surface area (Å²) in [4.78, 5) is 16.6. The lowest BCUT2D eigenvalue weighted by Gasteiger charge is -2.13. The number of ether oxygens (including phenoxy) is 1. The Kier molecular flexibility index (Phi) is 7.68. The van der Waals surface area contributed by atoms with Gasteiger partial charge >= 0.3 is 6.09 Å². The molecule has 0 radical (unpaired) electrons.